The molecule has 3 N–H and O–H groups in total. The van der Waals surface area contributed by atoms with Gasteiger partial charge in [-0.25, -0.2) is 0 Å². The van der Waals surface area contributed by atoms with Crippen LogP contribution in [0.25, 0.3) is 0 Å². The van der Waals surface area contributed by atoms with Gasteiger partial charge < -0.3 is 14.6 Å². The molecule has 1 heterocycles. The summed E-state index contributed by atoms with van der Waals surface area (Å²) in [6.07, 6.45) is 3.95. The number of carbonyl (C=O) groups excluding carboxylic acids is 2. The zero-order valence-corrected chi connectivity index (χ0v) is 14.7. The smallest absolute Gasteiger partial charge is 0.273 e. The van der Waals surface area contributed by atoms with Crippen LogP contribution in [0.3, 0.4) is 0 Å². The van der Waals surface area contributed by atoms with Crippen molar-refractivity contribution in [3.05, 3.63) is 52.6 Å². The van der Waals surface area contributed by atoms with Gasteiger partial charge in [0.15, 0.2) is 11.5 Å². The van der Waals surface area contributed by atoms with Gasteiger partial charge in [0.1, 0.15) is 19.0 Å². The summed E-state index contributed by atoms with van der Waals surface area (Å²) in [5.74, 6) is -0.0559. The van der Waals surface area contributed by atoms with Gasteiger partial charge in [-0.1, -0.05) is 0 Å². The summed E-state index contributed by atoms with van der Waals surface area (Å²) in [6.45, 7) is 0.894. The SMILES string of the molecule is O=C(NNC(=O)c1cc2c(cc1O)CCCC2)c1ccc2c(c1)OCCO2. The third kappa shape index (κ3) is 3.53. The number of aromatic hydroxyl groups is 1. The number of carbonyl (C=O) groups is 2. The van der Waals surface area contributed by atoms with Crippen LogP contribution in [0.4, 0.5) is 0 Å². The Kier molecular flexibility index (Phi) is 4.58. The summed E-state index contributed by atoms with van der Waals surface area (Å²) in [6, 6.07) is 8.15. The van der Waals surface area contributed by atoms with Gasteiger partial charge >= 0.3 is 0 Å². The lowest BCUT2D eigenvalue weighted by atomic mass is 9.90. The normalized spacial score (nSPS) is 14.8. The van der Waals surface area contributed by atoms with Crippen LogP contribution in [0.1, 0.15) is 44.7 Å². The number of nitrogens with one attached hydrogen (secondary N) is 2. The number of hydrazine groups is 1. The van der Waals surface area contributed by atoms with E-state index in [0.29, 0.717) is 30.3 Å². The molecule has 2 aromatic carbocycles. The van der Waals surface area contributed by atoms with Crippen molar-refractivity contribution in [1.82, 2.24) is 10.9 Å². The van der Waals surface area contributed by atoms with Crippen LogP contribution in [0, 0.1) is 0 Å². The Morgan fingerprint density at radius 3 is 2.30 bits per heavy atom. The van der Waals surface area contributed by atoms with Crippen molar-refractivity contribution in [1.29, 1.82) is 0 Å². The van der Waals surface area contributed by atoms with Gasteiger partial charge in [0.25, 0.3) is 11.8 Å². The minimum absolute atomic E-state index is 0.0817. The molecule has 0 atom stereocenters. The van der Waals surface area contributed by atoms with Crippen molar-refractivity contribution in [3.8, 4) is 17.2 Å². The van der Waals surface area contributed by atoms with E-state index >= 15 is 0 Å². The molecule has 0 unspecified atom stereocenters. The molecule has 7 heteroatoms. The number of rotatable bonds is 2. The number of benzene rings is 2. The molecule has 2 amide bonds. The number of hydrogen-bond donors (Lipinski definition) is 3. The first kappa shape index (κ1) is 17.2. The first-order valence-corrected chi connectivity index (χ1v) is 8.97. The van der Waals surface area contributed by atoms with E-state index in [4.69, 9.17) is 9.47 Å². The van der Waals surface area contributed by atoms with Crippen molar-refractivity contribution < 1.29 is 24.2 Å². The zero-order valence-electron chi connectivity index (χ0n) is 14.7. The summed E-state index contributed by atoms with van der Waals surface area (Å²) in [5, 5.41) is 10.1. The summed E-state index contributed by atoms with van der Waals surface area (Å²) < 4.78 is 10.9. The third-order valence-electron chi connectivity index (χ3n) is 4.80. The van der Waals surface area contributed by atoms with Crippen LogP contribution in [-0.4, -0.2) is 30.1 Å². The van der Waals surface area contributed by atoms with Crippen LogP contribution in [0.15, 0.2) is 30.3 Å². The highest BCUT2D eigenvalue weighted by Gasteiger charge is 2.19. The number of fused-ring (bicyclic) bond motifs is 2. The maximum Gasteiger partial charge on any atom is 0.273 e. The van der Waals surface area contributed by atoms with Crippen molar-refractivity contribution in [3.63, 3.8) is 0 Å². The van der Waals surface area contributed by atoms with E-state index in [1.807, 2.05) is 0 Å². The second-order valence-electron chi connectivity index (χ2n) is 6.61. The van der Waals surface area contributed by atoms with E-state index in [-0.39, 0.29) is 11.3 Å². The molecular formula is C20H20N2O5. The molecule has 0 fully saturated rings. The first-order valence-electron chi connectivity index (χ1n) is 8.97. The van der Waals surface area contributed by atoms with Crippen LogP contribution in [0.5, 0.6) is 17.2 Å². The molecule has 0 aromatic heterocycles. The summed E-state index contributed by atoms with van der Waals surface area (Å²) in [7, 11) is 0. The van der Waals surface area contributed by atoms with Gasteiger partial charge in [-0.15, -0.1) is 0 Å². The number of aryl methyl sites for hydroxylation is 2. The topological polar surface area (TPSA) is 96.9 Å². The lowest BCUT2D eigenvalue weighted by Gasteiger charge is -2.19. The Labute approximate surface area is 156 Å². The van der Waals surface area contributed by atoms with Gasteiger partial charge in [-0.05, 0) is 67.1 Å². The second kappa shape index (κ2) is 7.19. The zero-order chi connectivity index (χ0) is 18.8. The first-order chi connectivity index (χ1) is 13.1. The van der Waals surface area contributed by atoms with Crippen molar-refractivity contribution >= 4 is 11.8 Å². The standard InChI is InChI=1S/C20H20N2O5/c23-16-10-13-4-2-1-3-12(13)9-15(16)20(25)22-21-19(24)14-5-6-17-18(11-14)27-8-7-26-17/h5-6,9-11,23H,1-4,7-8H2,(H,21,24)(H,22,25). The molecule has 0 saturated heterocycles. The fraction of sp³-hybridized carbons (Fsp3) is 0.300. The van der Waals surface area contributed by atoms with E-state index < -0.39 is 11.8 Å². The van der Waals surface area contributed by atoms with Crippen molar-refractivity contribution in [2.75, 3.05) is 13.2 Å². The average molecular weight is 368 g/mol. The number of ether oxygens (including phenoxy) is 2. The maximum absolute atomic E-state index is 12.4. The summed E-state index contributed by atoms with van der Waals surface area (Å²) in [4.78, 5) is 24.7. The molecule has 7 nitrogen and oxygen atoms in total. The lowest BCUT2D eigenvalue weighted by molar-refractivity contribution is 0.0844. The average Bonchev–Trinajstić information content (AvgIpc) is 2.70. The van der Waals surface area contributed by atoms with Crippen LogP contribution < -0.4 is 20.3 Å². The Balaban J connectivity index is 1.44. The predicted molar refractivity (Wildman–Crippen MR) is 97.1 cm³/mol. The van der Waals surface area contributed by atoms with Crippen molar-refractivity contribution in [2.45, 2.75) is 25.7 Å². The molecule has 1 aliphatic heterocycles. The quantitative estimate of drug-likeness (QED) is 0.706. The largest absolute Gasteiger partial charge is 0.507 e. The Hall–Kier alpha value is -3.22. The molecule has 2 aromatic rings. The Morgan fingerprint density at radius 1 is 0.852 bits per heavy atom. The molecular weight excluding hydrogens is 348 g/mol. The van der Waals surface area contributed by atoms with Gasteiger partial charge in [-0.2, -0.15) is 0 Å². The molecule has 2 aliphatic rings. The van der Waals surface area contributed by atoms with Crippen LogP contribution in [-0.2, 0) is 12.8 Å². The molecule has 0 saturated carbocycles. The monoisotopic (exact) mass is 368 g/mol. The Morgan fingerprint density at radius 2 is 1.52 bits per heavy atom. The predicted octanol–water partition coefficient (Wildman–Crippen LogP) is 2.12. The van der Waals surface area contributed by atoms with E-state index in [2.05, 4.69) is 10.9 Å². The third-order valence-corrected chi connectivity index (χ3v) is 4.80. The van der Waals surface area contributed by atoms with Crippen LogP contribution in [0.2, 0.25) is 0 Å². The highest BCUT2D eigenvalue weighted by atomic mass is 16.6. The summed E-state index contributed by atoms with van der Waals surface area (Å²) in [5.41, 5.74) is 7.35. The number of amides is 2. The molecule has 4 rings (SSSR count). The number of phenolic OH excluding ortho intramolecular Hbond substituents is 1. The van der Waals surface area contributed by atoms with E-state index in [1.165, 1.54) is 0 Å². The minimum atomic E-state index is -0.563. The highest BCUT2D eigenvalue weighted by molar-refractivity contribution is 6.00. The Bertz CT molecular complexity index is 909. The fourth-order valence-corrected chi connectivity index (χ4v) is 3.39. The number of hydrogen-bond acceptors (Lipinski definition) is 5. The molecule has 0 spiro atoms. The molecule has 140 valence electrons. The lowest BCUT2D eigenvalue weighted by Crippen LogP contribution is -2.41. The van der Waals surface area contributed by atoms with Crippen LogP contribution >= 0.6 is 0 Å². The van der Waals surface area contributed by atoms with Gasteiger partial charge in [0.2, 0.25) is 0 Å². The van der Waals surface area contributed by atoms with Gasteiger partial charge in [-0.3, -0.25) is 20.4 Å². The molecule has 27 heavy (non-hydrogen) atoms. The minimum Gasteiger partial charge on any atom is -0.507 e. The van der Waals surface area contributed by atoms with E-state index in [9.17, 15) is 14.7 Å². The molecule has 0 bridgehead atoms. The highest BCUT2D eigenvalue weighted by Crippen LogP contribution is 2.31. The molecule has 1 aliphatic carbocycles. The fourth-order valence-electron chi connectivity index (χ4n) is 3.39. The maximum atomic E-state index is 12.4. The van der Waals surface area contributed by atoms with E-state index in [1.54, 1.807) is 30.3 Å². The van der Waals surface area contributed by atoms with Gasteiger partial charge in [0, 0.05) is 5.56 Å². The summed E-state index contributed by atoms with van der Waals surface area (Å²) >= 11 is 0. The van der Waals surface area contributed by atoms with Crippen molar-refractivity contribution in [2.24, 2.45) is 0 Å². The number of phenols is 1. The van der Waals surface area contributed by atoms with E-state index in [0.717, 1.165) is 36.8 Å². The second-order valence-corrected chi connectivity index (χ2v) is 6.61. The van der Waals surface area contributed by atoms with Gasteiger partial charge in [0.05, 0.1) is 5.56 Å². The molecule has 0 radical (unpaired) electrons.